The third-order valence-corrected chi connectivity index (χ3v) is 3.50. The Labute approximate surface area is 136 Å². The number of hydrogen-bond donors (Lipinski definition) is 1. The summed E-state index contributed by atoms with van der Waals surface area (Å²) in [7, 11) is 0. The number of carbonyl (C=O) groups excluding carboxylic acids is 1. The standard InChI is InChI=1S/C16H14F2N4O2/c1-10(11-4-2-5-12(8-11)24-16(17)18)20-15(23)13-6-3-7-22-9-19-21-14(13)22/h2-10,16H,1H3,(H,20,23). The third kappa shape index (κ3) is 3.32. The lowest BCUT2D eigenvalue weighted by Gasteiger charge is -2.15. The van der Waals surface area contributed by atoms with Crippen molar-refractivity contribution in [2.45, 2.75) is 19.6 Å². The molecule has 1 amide bonds. The fraction of sp³-hybridized carbons (Fsp3) is 0.188. The van der Waals surface area contributed by atoms with E-state index in [1.165, 1.54) is 18.5 Å². The van der Waals surface area contributed by atoms with Crippen molar-refractivity contribution in [3.05, 3.63) is 60.0 Å². The average Bonchev–Trinajstić information content (AvgIpc) is 3.02. The highest BCUT2D eigenvalue weighted by Crippen LogP contribution is 2.21. The van der Waals surface area contributed by atoms with E-state index in [-0.39, 0.29) is 11.7 Å². The van der Waals surface area contributed by atoms with E-state index >= 15 is 0 Å². The summed E-state index contributed by atoms with van der Waals surface area (Å²) < 4.78 is 30.6. The van der Waals surface area contributed by atoms with Crippen molar-refractivity contribution in [3.8, 4) is 5.75 Å². The Morgan fingerprint density at radius 3 is 2.92 bits per heavy atom. The summed E-state index contributed by atoms with van der Waals surface area (Å²) in [5.41, 5.74) is 1.47. The molecule has 0 spiro atoms. The van der Waals surface area contributed by atoms with E-state index in [0.717, 1.165) is 0 Å². The van der Waals surface area contributed by atoms with Crippen molar-refractivity contribution in [2.24, 2.45) is 0 Å². The Morgan fingerprint density at radius 2 is 2.12 bits per heavy atom. The number of amides is 1. The number of alkyl halides is 2. The number of halogens is 2. The molecule has 0 fully saturated rings. The van der Waals surface area contributed by atoms with Gasteiger partial charge in [-0.15, -0.1) is 10.2 Å². The predicted octanol–water partition coefficient (Wildman–Crippen LogP) is 2.82. The van der Waals surface area contributed by atoms with Gasteiger partial charge in [-0.3, -0.25) is 9.20 Å². The number of fused-ring (bicyclic) bond motifs is 1. The number of hydrogen-bond acceptors (Lipinski definition) is 4. The van der Waals surface area contributed by atoms with E-state index in [1.807, 2.05) is 0 Å². The Hall–Kier alpha value is -3.03. The van der Waals surface area contributed by atoms with Crippen LogP contribution in [0.1, 0.15) is 28.9 Å². The minimum atomic E-state index is -2.89. The van der Waals surface area contributed by atoms with E-state index in [0.29, 0.717) is 16.8 Å². The predicted molar refractivity (Wildman–Crippen MR) is 81.9 cm³/mol. The van der Waals surface area contributed by atoms with Gasteiger partial charge in [0.25, 0.3) is 5.91 Å². The molecule has 1 N–H and O–H groups in total. The Balaban J connectivity index is 1.78. The number of rotatable bonds is 5. The molecule has 0 aliphatic carbocycles. The second-order valence-electron chi connectivity index (χ2n) is 5.13. The molecule has 1 aromatic carbocycles. The van der Waals surface area contributed by atoms with Crippen LogP contribution in [0.4, 0.5) is 8.78 Å². The zero-order chi connectivity index (χ0) is 17.1. The molecule has 8 heteroatoms. The number of ether oxygens (including phenoxy) is 1. The summed E-state index contributed by atoms with van der Waals surface area (Å²) in [6.07, 6.45) is 3.24. The molecule has 0 aliphatic rings. The highest BCUT2D eigenvalue weighted by atomic mass is 19.3. The van der Waals surface area contributed by atoms with Crippen molar-refractivity contribution in [1.29, 1.82) is 0 Å². The maximum Gasteiger partial charge on any atom is 0.387 e. The number of pyridine rings is 1. The molecule has 3 aromatic rings. The molecule has 2 heterocycles. The van der Waals surface area contributed by atoms with Crippen LogP contribution in [0.25, 0.3) is 5.65 Å². The van der Waals surface area contributed by atoms with Gasteiger partial charge >= 0.3 is 6.61 Å². The molecule has 1 unspecified atom stereocenters. The van der Waals surface area contributed by atoms with Gasteiger partial charge in [-0.05, 0) is 36.8 Å². The first-order chi connectivity index (χ1) is 11.5. The van der Waals surface area contributed by atoms with Crippen LogP contribution in [-0.4, -0.2) is 27.1 Å². The average molecular weight is 332 g/mol. The molecule has 0 radical (unpaired) electrons. The first-order valence-electron chi connectivity index (χ1n) is 7.18. The maximum absolute atomic E-state index is 12.5. The second kappa shape index (κ2) is 6.61. The largest absolute Gasteiger partial charge is 0.435 e. The Kier molecular flexibility index (Phi) is 4.37. The molecule has 3 rings (SSSR count). The fourth-order valence-corrected chi connectivity index (χ4v) is 2.35. The van der Waals surface area contributed by atoms with Gasteiger partial charge in [-0.1, -0.05) is 12.1 Å². The van der Waals surface area contributed by atoms with E-state index < -0.39 is 12.7 Å². The lowest BCUT2D eigenvalue weighted by molar-refractivity contribution is -0.0499. The van der Waals surface area contributed by atoms with E-state index in [1.54, 1.807) is 41.8 Å². The smallest absolute Gasteiger partial charge is 0.387 e. The van der Waals surface area contributed by atoms with Crippen molar-refractivity contribution in [1.82, 2.24) is 19.9 Å². The van der Waals surface area contributed by atoms with Crippen LogP contribution >= 0.6 is 0 Å². The number of aromatic nitrogens is 3. The molecule has 1 atom stereocenters. The van der Waals surface area contributed by atoms with Gasteiger partial charge in [0.05, 0.1) is 11.6 Å². The monoisotopic (exact) mass is 332 g/mol. The zero-order valence-electron chi connectivity index (χ0n) is 12.7. The van der Waals surface area contributed by atoms with Crippen LogP contribution in [0.15, 0.2) is 48.9 Å². The summed E-state index contributed by atoms with van der Waals surface area (Å²) in [6, 6.07) is 9.17. The van der Waals surface area contributed by atoms with Crippen molar-refractivity contribution < 1.29 is 18.3 Å². The number of nitrogens with zero attached hydrogens (tertiary/aromatic N) is 3. The van der Waals surface area contributed by atoms with Gasteiger partial charge in [0, 0.05) is 6.20 Å². The normalized spacial score (nSPS) is 12.3. The molecule has 24 heavy (non-hydrogen) atoms. The van der Waals surface area contributed by atoms with E-state index in [2.05, 4.69) is 20.3 Å². The van der Waals surface area contributed by atoms with Crippen LogP contribution in [0.5, 0.6) is 5.75 Å². The second-order valence-corrected chi connectivity index (χ2v) is 5.13. The molecule has 0 saturated carbocycles. The topological polar surface area (TPSA) is 68.5 Å². The van der Waals surface area contributed by atoms with Crippen LogP contribution in [0.2, 0.25) is 0 Å². The summed E-state index contributed by atoms with van der Waals surface area (Å²) in [4.78, 5) is 12.5. The first-order valence-corrected chi connectivity index (χ1v) is 7.18. The third-order valence-electron chi connectivity index (χ3n) is 3.50. The number of benzene rings is 1. The maximum atomic E-state index is 12.5. The SMILES string of the molecule is CC(NC(=O)c1cccn2cnnc12)c1cccc(OC(F)F)c1. The number of nitrogens with one attached hydrogen (secondary N) is 1. The lowest BCUT2D eigenvalue weighted by Crippen LogP contribution is -2.27. The Morgan fingerprint density at radius 1 is 1.29 bits per heavy atom. The van der Waals surface area contributed by atoms with Gasteiger partial charge in [0.2, 0.25) is 0 Å². The molecule has 0 aliphatic heterocycles. The molecule has 2 aromatic heterocycles. The van der Waals surface area contributed by atoms with Gasteiger partial charge in [0.15, 0.2) is 5.65 Å². The van der Waals surface area contributed by atoms with Gasteiger partial charge < -0.3 is 10.1 Å². The van der Waals surface area contributed by atoms with Crippen LogP contribution in [0.3, 0.4) is 0 Å². The fourth-order valence-electron chi connectivity index (χ4n) is 2.35. The summed E-state index contributed by atoms with van der Waals surface area (Å²) in [5, 5.41) is 10.5. The van der Waals surface area contributed by atoms with Gasteiger partial charge in [-0.2, -0.15) is 8.78 Å². The molecular formula is C16H14F2N4O2. The quantitative estimate of drug-likeness (QED) is 0.780. The summed E-state index contributed by atoms with van der Waals surface area (Å²) >= 11 is 0. The highest BCUT2D eigenvalue weighted by molar-refractivity contribution is 5.99. The number of carbonyl (C=O) groups is 1. The van der Waals surface area contributed by atoms with Crippen molar-refractivity contribution in [2.75, 3.05) is 0 Å². The molecule has 6 nitrogen and oxygen atoms in total. The molecule has 0 saturated heterocycles. The zero-order valence-corrected chi connectivity index (χ0v) is 12.7. The first kappa shape index (κ1) is 15.9. The van der Waals surface area contributed by atoms with Crippen LogP contribution in [-0.2, 0) is 0 Å². The van der Waals surface area contributed by atoms with Gasteiger partial charge in [0.1, 0.15) is 12.1 Å². The minimum absolute atomic E-state index is 0.0446. The Bertz CT molecular complexity index is 866. The molecule has 0 bridgehead atoms. The van der Waals surface area contributed by atoms with Crippen LogP contribution in [0, 0.1) is 0 Å². The highest BCUT2D eigenvalue weighted by Gasteiger charge is 2.16. The van der Waals surface area contributed by atoms with Crippen molar-refractivity contribution >= 4 is 11.6 Å². The summed E-state index contributed by atoms with van der Waals surface area (Å²) in [5.74, 6) is -0.288. The van der Waals surface area contributed by atoms with E-state index in [9.17, 15) is 13.6 Å². The minimum Gasteiger partial charge on any atom is -0.435 e. The van der Waals surface area contributed by atoms with Crippen molar-refractivity contribution in [3.63, 3.8) is 0 Å². The molecular weight excluding hydrogens is 318 g/mol. The van der Waals surface area contributed by atoms with Crippen LogP contribution < -0.4 is 10.1 Å². The van der Waals surface area contributed by atoms with Gasteiger partial charge in [-0.25, -0.2) is 0 Å². The lowest BCUT2D eigenvalue weighted by atomic mass is 10.1. The summed E-state index contributed by atoms with van der Waals surface area (Å²) in [6.45, 7) is -1.14. The van der Waals surface area contributed by atoms with E-state index in [4.69, 9.17) is 0 Å². The molecule has 124 valence electrons.